The molecule has 0 amide bonds. The average Bonchev–Trinajstić information content (AvgIpc) is 2.34. The summed E-state index contributed by atoms with van der Waals surface area (Å²) in [7, 11) is 1.64. The summed E-state index contributed by atoms with van der Waals surface area (Å²) in [5, 5.41) is 25.5. The van der Waals surface area contributed by atoms with Gasteiger partial charge in [-0.3, -0.25) is 10.1 Å². The van der Waals surface area contributed by atoms with Crippen LogP contribution in [0.15, 0.2) is 0 Å². The Kier molecular flexibility index (Phi) is 4.78. The van der Waals surface area contributed by atoms with Crippen molar-refractivity contribution >= 4 is 17.5 Å². The first-order valence-corrected chi connectivity index (χ1v) is 5.55. The molecule has 0 radical (unpaired) electrons. The van der Waals surface area contributed by atoms with Crippen molar-refractivity contribution in [3.05, 3.63) is 15.8 Å². The SMILES string of the molecule is CNc1nc(C)c([N+](=O)[O-])c(NCC(C)CO)n1. The Morgan fingerprint density at radius 1 is 1.50 bits per heavy atom. The summed E-state index contributed by atoms with van der Waals surface area (Å²) in [6, 6.07) is 0. The van der Waals surface area contributed by atoms with Crippen molar-refractivity contribution in [1.82, 2.24) is 9.97 Å². The van der Waals surface area contributed by atoms with Gasteiger partial charge in [0.1, 0.15) is 5.69 Å². The van der Waals surface area contributed by atoms with Crippen LogP contribution in [0.25, 0.3) is 0 Å². The maximum absolute atomic E-state index is 11.0. The maximum Gasteiger partial charge on any atom is 0.332 e. The van der Waals surface area contributed by atoms with Crippen LogP contribution in [0, 0.1) is 23.0 Å². The third-order valence-corrected chi connectivity index (χ3v) is 2.39. The Labute approximate surface area is 105 Å². The highest BCUT2D eigenvalue weighted by atomic mass is 16.6. The van der Waals surface area contributed by atoms with Crippen LogP contribution >= 0.6 is 0 Å². The first-order chi connectivity index (χ1) is 8.49. The Morgan fingerprint density at radius 3 is 2.67 bits per heavy atom. The van der Waals surface area contributed by atoms with E-state index >= 15 is 0 Å². The lowest BCUT2D eigenvalue weighted by Gasteiger charge is -2.12. The normalized spacial score (nSPS) is 12.0. The van der Waals surface area contributed by atoms with Gasteiger partial charge in [0.2, 0.25) is 11.8 Å². The minimum atomic E-state index is -0.513. The number of rotatable bonds is 6. The molecule has 8 heteroatoms. The summed E-state index contributed by atoms with van der Waals surface area (Å²) in [6.45, 7) is 3.79. The summed E-state index contributed by atoms with van der Waals surface area (Å²) in [5.74, 6) is 0.465. The maximum atomic E-state index is 11.0. The van der Waals surface area contributed by atoms with Gasteiger partial charge >= 0.3 is 5.69 Å². The van der Waals surface area contributed by atoms with E-state index in [1.54, 1.807) is 14.0 Å². The van der Waals surface area contributed by atoms with Crippen LogP contribution in [0.1, 0.15) is 12.6 Å². The minimum absolute atomic E-state index is 0.00372. The molecule has 18 heavy (non-hydrogen) atoms. The number of nitro groups is 1. The third-order valence-electron chi connectivity index (χ3n) is 2.39. The largest absolute Gasteiger partial charge is 0.396 e. The molecule has 0 fully saturated rings. The molecule has 0 aliphatic carbocycles. The average molecular weight is 255 g/mol. The molecule has 3 N–H and O–H groups in total. The Morgan fingerprint density at radius 2 is 2.17 bits per heavy atom. The number of aryl methyl sites for hydroxylation is 1. The molecule has 1 unspecified atom stereocenters. The van der Waals surface area contributed by atoms with E-state index in [1.165, 1.54) is 0 Å². The molecular formula is C10H17N5O3. The van der Waals surface area contributed by atoms with Crippen LogP contribution < -0.4 is 10.6 Å². The molecule has 1 heterocycles. The van der Waals surface area contributed by atoms with Crippen LogP contribution in [0.4, 0.5) is 17.5 Å². The van der Waals surface area contributed by atoms with E-state index in [4.69, 9.17) is 5.11 Å². The van der Waals surface area contributed by atoms with Crippen molar-refractivity contribution in [2.45, 2.75) is 13.8 Å². The molecule has 1 rings (SSSR count). The number of nitrogens with one attached hydrogen (secondary N) is 2. The molecule has 0 aromatic carbocycles. The lowest BCUT2D eigenvalue weighted by Crippen LogP contribution is -2.17. The Bertz CT molecular complexity index is 438. The molecular weight excluding hydrogens is 238 g/mol. The molecule has 8 nitrogen and oxygen atoms in total. The van der Waals surface area contributed by atoms with Crippen molar-refractivity contribution in [1.29, 1.82) is 0 Å². The molecule has 0 saturated heterocycles. The van der Waals surface area contributed by atoms with Crippen molar-refractivity contribution in [3.63, 3.8) is 0 Å². The predicted molar refractivity (Wildman–Crippen MR) is 67.7 cm³/mol. The van der Waals surface area contributed by atoms with Gasteiger partial charge in [-0.25, -0.2) is 4.98 Å². The zero-order valence-corrected chi connectivity index (χ0v) is 10.6. The number of hydrogen-bond acceptors (Lipinski definition) is 7. The van der Waals surface area contributed by atoms with E-state index in [0.29, 0.717) is 18.2 Å². The van der Waals surface area contributed by atoms with Crippen molar-refractivity contribution in [3.8, 4) is 0 Å². The molecule has 0 saturated carbocycles. The van der Waals surface area contributed by atoms with Gasteiger partial charge in [0.05, 0.1) is 4.92 Å². The highest BCUT2D eigenvalue weighted by Crippen LogP contribution is 2.26. The zero-order valence-electron chi connectivity index (χ0n) is 10.6. The second-order valence-corrected chi connectivity index (χ2v) is 4.01. The first kappa shape index (κ1) is 14.1. The Balaban J connectivity index is 3.05. The van der Waals surface area contributed by atoms with Crippen molar-refractivity contribution in [2.75, 3.05) is 30.8 Å². The zero-order chi connectivity index (χ0) is 13.7. The van der Waals surface area contributed by atoms with Gasteiger partial charge in [-0.15, -0.1) is 0 Å². The minimum Gasteiger partial charge on any atom is -0.396 e. The van der Waals surface area contributed by atoms with E-state index in [2.05, 4.69) is 20.6 Å². The van der Waals surface area contributed by atoms with Crippen molar-refractivity contribution in [2.24, 2.45) is 5.92 Å². The second-order valence-electron chi connectivity index (χ2n) is 4.01. The topological polar surface area (TPSA) is 113 Å². The summed E-state index contributed by atoms with van der Waals surface area (Å²) >= 11 is 0. The number of aromatic nitrogens is 2. The molecule has 1 atom stereocenters. The van der Waals surface area contributed by atoms with Crippen LogP contribution in [0.3, 0.4) is 0 Å². The van der Waals surface area contributed by atoms with E-state index < -0.39 is 4.92 Å². The number of aliphatic hydroxyl groups excluding tert-OH is 1. The molecule has 0 bridgehead atoms. The number of hydrogen-bond donors (Lipinski definition) is 3. The van der Waals surface area contributed by atoms with E-state index in [9.17, 15) is 10.1 Å². The second kappa shape index (κ2) is 6.10. The highest BCUT2D eigenvalue weighted by Gasteiger charge is 2.21. The molecule has 0 aliphatic rings. The first-order valence-electron chi connectivity index (χ1n) is 5.55. The van der Waals surface area contributed by atoms with Crippen LogP contribution in [0.5, 0.6) is 0 Å². The fourth-order valence-corrected chi connectivity index (χ4v) is 1.36. The summed E-state index contributed by atoms with van der Waals surface area (Å²) in [4.78, 5) is 18.4. The lowest BCUT2D eigenvalue weighted by molar-refractivity contribution is -0.385. The number of nitrogens with zero attached hydrogens (tertiary/aromatic N) is 3. The highest BCUT2D eigenvalue weighted by molar-refractivity contribution is 5.60. The molecule has 100 valence electrons. The van der Waals surface area contributed by atoms with Gasteiger partial charge in [0.25, 0.3) is 0 Å². The molecule has 1 aromatic rings. The number of aliphatic hydroxyl groups is 1. The molecule has 0 spiro atoms. The third kappa shape index (κ3) is 3.27. The molecule has 0 aliphatic heterocycles. The lowest BCUT2D eigenvalue weighted by atomic mass is 10.2. The quantitative estimate of drug-likeness (QED) is 0.508. The summed E-state index contributed by atoms with van der Waals surface area (Å²) in [5.41, 5.74) is 0.151. The molecule has 1 aromatic heterocycles. The van der Waals surface area contributed by atoms with E-state index in [1.807, 2.05) is 6.92 Å². The monoisotopic (exact) mass is 255 g/mol. The van der Waals surface area contributed by atoms with Gasteiger partial charge in [0.15, 0.2) is 0 Å². The summed E-state index contributed by atoms with van der Waals surface area (Å²) < 4.78 is 0. The fourth-order valence-electron chi connectivity index (χ4n) is 1.36. The van der Waals surface area contributed by atoms with Crippen LogP contribution in [-0.4, -0.2) is 40.2 Å². The van der Waals surface area contributed by atoms with Gasteiger partial charge in [-0.2, -0.15) is 4.98 Å². The van der Waals surface area contributed by atoms with Crippen LogP contribution in [0.2, 0.25) is 0 Å². The van der Waals surface area contributed by atoms with Gasteiger partial charge in [-0.1, -0.05) is 6.92 Å². The van der Waals surface area contributed by atoms with E-state index in [-0.39, 0.29) is 24.0 Å². The van der Waals surface area contributed by atoms with E-state index in [0.717, 1.165) is 0 Å². The Hall–Kier alpha value is -1.96. The van der Waals surface area contributed by atoms with Gasteiger partial charge < -0.3 is 15.7 Å². The summed E-state index contributed by atoms with van der Waals surface area (Å²) in [6.07, 6.45) is 0. The fraction of sp³-hybridized carbons (Fsp3) is 0.600. The number of anilines is 2. The smallest absolute Gasteiger partial charge is 0.332 e. The van der Waals surface area contributed by atoms with Crippen molar-refractivity contribution < 1.29 is 10.0 Å². The predicted octanol–water partition coefficient (Wildman–Crippen LogP) is 0.775. The van der Waals surface area contributed by atoms with Crippen LogP contribution in [-0.2, 0) is 0 Å². The standard InChI is InChI=1S/C10H17N5O3/c1-6(5-16)4-12-9-8(15(17)18)7(2)13-10(11-3)14-9/h6,16H,4-5H2,1-3H3,(H2,11,12,13,14). The van der Waals surface area contributed by atoms with Gasteiger partial charge in [-0.05, 0) is 12.8 Å². The van der Waals surface area contributed by atoms with Gasteiger partial charge in [0, 0.05) is 20.2 Å².